The van der Waals surface area contributed by atoms with Crippen LogP contribution in [0.4, 0.5) is 0 Å². The van der Waals surface area contributed by atoms with Gasteiger partial charge in [-0.25, -0.2) is 0 Å². The van der Waals surface area contributed by atoms with Gasteiger partial charge in [0, 0.05) is 25.7 Å². The minimum Gasteiger partial charge on any atom is -0.383 e. The Morgan fingerprint density at radius 1 is 1.57 bits per heavy atom. The fourth-order valence-corrected chi connectivity index (χ4v) is 1.99. The van der Waals surface area contributed by atoms with Crippen molar-refractivity contribution in [1.29, 1.82) is 5.26 Å². The molecule has 0 radical (unpaired) electrons. The molecule has 3 nitrogen and oxygen atoms in total. The lowest BCUT2D eigenvalue weighted by Crippen LogP contribution is -2.51. The van der Waals surface area contributed by atoms with Crippen LogP contribution in [0.1, 0.15) is 26.7 Å². The Labute approximate surface area is 86.6 Å². The first-order valence-electron chi connectivity index (χ1n) is 5.24. The Kier molecular flexibility index (Phi) is 3.91. The first-order valence-corrected chi connectivity index (χ1v) is 5.24. The van der Waals surface area contributed by atoms with Gasteiger partial charge in [-0.3, -0.25) is 4.90 Å². The van der Waals surface area contributed by atoms with Crippen LogP contribution in [0.2, 0.25) is 0 Å². The monoisotopic (exact) mass is 196 g/mol. The number of hydrogen-bond donors (Lipinski definition) is 0. The lowest BCUT2D eigenvalue weighted by Gasteiger charge is -2.44. The molecule has 1 aliphatic rings. The second-order valence-electron chi connectivity index (χ2n) is 4.62. The van der Waals surface area contributed by atoms with E-state index < -0.39 is 0 Å². The van der Waals surface area contributed by atoms with E-state index in [0.29, 0.717) is 0 Å². The summed E-state index contributed by atoms with van der Waals surface area (Å²) in [6, 6.07) is 2.37. The van der Waals surface area contributed by atoms with Gasteiger partial charge in [-0.05, 0) is 26.7 Å². The quantitative estimate of drug-likeness (QED) is 0.688. The van der Waals surface area contributed by atoms with Gasteiger partial charge in [-0.1, -0.05) is 0 Å². The summed E-state index contributed by atoms with van der Waals surface area (Å²) in [6.07, 6.45) is 2.14. The van der Waals surface area contributed by atoms with Crippen LogP contribution in [-0.2, 0) is 4.74 Å². The fraction of sp³-hybridized carbons (Fsp3) is 0.909. The number of likely N-dealkylation sites (tertiary alicyclic amines) is 1. The van der Waals surface area contributed by atoms with Gasteiger partial charge in [-0.15, -0.1) is 0 Å². The zero-order valence-electron chi connectivity index (χ0n) is 9.42. The molecule has 0 spiro atoms. The Balaban J connectivity index is 2.53. The maximum atomic E-state index is 8.90. The molecule has 14 heavy (non-hydrogen) atoms. The highest BCUT2D eigenvalue weighted by atomic mass is 16.5. The van der Waals surface area contributed by atoms with Crippen molar-refractivity contribution in [3.63, 3.8) is 0 Å². The molecule has 0 aromatic heterocycles. The second-order valence-corrected chi connectivity index (χ2v) is 4.62. The summed E-state index contributed by atoms with van der Waals surface area (Å²) < 4.78 is 5.08. The van der Waals surface area contributed by atoms with Crippen molar-refractivity contribution in [2.24, 2.45) is 5.92 Å². The number of methoxy groups -OCH3 is 1. The zero-order valence-corrected chi connectivity index (χ0v) is 9.42. The Morgan fingerprint density at radius 3 is 2.86 bits per heavy atom. The Bertz CT molecular complexity index is 220. The van der Waals surface area contributed by atoms with Crippen LogP contribution in [0.25, 0.3) is 0 Å². The number of nitriles is 1. The van der Waals surface area contributed by atoms with Gasteiger partial charge >= 0.3 is 0 Å². The maximum absolute atomic E-state index is 8.90. The molecular weight excluding hydrogens is 176 g/mol. The Hall–Kier alpha value is -0.590. The summed E-state index contributed by atoms with van der Waals surface area (Å²) in [5.41, 5.74) is 0.228. The van der Waals surface area contributed by atoms with E-state index in [0.717, 1.165) is 32.5 Å². The second kappa shape index (κ2) is 4.77. The van der Waals surface area contributed by atoms with Gasteiger partial charge in [0.15, 0.2) is 0 Å². The first kappa shape index (κ1) is 11.5. The lowest BCUT2D eigenvalue weighted by atomic mass is 9.85. The third kappa shape index (κ3) is 2.70. The largest absolute Gasteiger partial charge is 0.383 e. The molecule has 0 saturated carbocycles. The standard InChI is InChI=1S/C11H20N2O/c1-11(2)5-4-10(8-12)9-13(11)6-7-14-3/h10H,4-7,9H2,1-3H3. The van der Waals surface area contributed by atoms with Crippen molar-refractivity contribution in [2.45, 2.75) is 32.2 Å². The van der Waals surface area contributed by atoms with Crippen molar-refractivity contribution in [3.8, 4) is 6.07 Å². The first-order chi connectivity index (χ1) is 6.60. The predicted octanol–water partition coefficient (Wildman–Crippen LogP) is 1.65. The van der Waals surface area contributed by atoms with Crippen LogP contribution in [0.5, 0.6) is 0 Å². The van der Waals surface area contributed by atoms with E-state index in [4.69, 9.17) is 10.00 Å². The van der Waals surface area contributed by atoms with E-state index in [9.17, 15) is 0 Å². The molecule has 1 atom stereocenters. The summed E-state index contributed by atoms with van der Waals surface area (Å²) in [5, 5.41) is 8.90. The molecule has 3 heteroatoms. The van der Waals surface area contributed by atoms with E-state index >= 15 is 0 Å². The van der Waals surface area contributed by atoms with Crippen LogP contribution < -0.4 is 0 Å². The molecule has 1 fully saturated rings. The number of rotatable bonds is 3. The summed E-state index contributed by atoms with van der Waals surface area (Å²) in [5.74, 6) is 0.208. The van der Waals surface area contributed by atoms with Gasteiger partial charge in [0.2, 0.25) is 0 Å². The highest BCUT2D eigenvalue weighted by molar-refractivity contribution is 4.96. The van der Waals surface area contributed by atoms with Crippen molar-refractivity contribution < 1.29 is 4.74 Å². The summed E-state index contributed by atoms with van der Waals surface area (Å²) >= 11 is 0. The predicted molar refractivity (Wildman–Crippen MR) is 55.9 cm³/mol. The molecule has 1 heterocycles. The fourth-order valence-electron chi connectivity index (χ4n) is 1.99. The molecule has 1 saturated heterocycles. The topological polar surface area (TPSA) is 36.3 Å². The maximum Gasteiger partial charge on any atom is 0.0669 e. The molecule has 0 aliphatic carbocycles. The van der Waals surface area contributed by atoms with Gasteiger partial charge in [-0.2, -0.15) is 5.26 Å². The van der Waals surface area contributed by atoms with Gasteiger partial charge in [0.05, 0.1) is 18.6 Å². The van der Waals surface area contributed by atoms with Crippen LogP contribution >= 0.6 is 0 Å². The van der Waals surface area contributed by atoms with Crippen LogP contribution in [0.15, 0.2) is 0 Å². The minimum atomic E-state index is 0.208. The molecule has 0 amide bonds. The number of piperidine rings is 1. The molecule has 1 aliphatic heterocycles. The third-order valence-corrected chi connectivity index (χ3v) is 3.15. The summed E-state index contributed by atoms with van der Waals surface area (Å²) in [7, 11) is 1.72. The number of nitrogens with zero attached hydrogens (tertiary/aromatic N) is 2. The highest BCUT2D eigenvalue weighted by Crippen LogP contribution is 2.29. The lowest BCUT2D eigenvalue weighted by molar-refractivity contribution is 0.0344. The normalized spacial score (nSPS) is 27.1. The van der Waals surface area contributed by atoms with Crippen LogP contribution in [0, 0.1) is 17.2 Å². The van der Waals surface area contributed by atoms with E-state index in [1.54, 1.807) is 7.11 Å². The van der Waals surface area contributed by atoms with E-state index in [1.807, 2.05) is 0 Å². The molecule has 0 bridgehead atoms. The smallest absolute Gasteiger partial charge is 0.0669 e. The van der Waals surface area contributed by atoms with E-state index in [-0.39, 0.29) is 11.5 Å². The third-order valence-electron chi connectivity index (χ3n) is 3.15. The summed E-state index contributed by atoms with van der Waals surface area (Å²) in [4.78, 5) is 2.37. The van der Waals surface area contributed by atoms with E-state index in [1.165, 1.54) is 0 Å². The van der Waals surface area contributed by atoms with Gasteiger partial charge in [0.25, 0.3) is 0 Å². The highest BCUT2D eigenvalue weighted by Gasteiger charge is 2.33. The van der Waals surface area contributed by atoms with Crippen molar-refractivity contribution in [2.75, 3.05) is 26.8 Å². The van der Waals surface area contributed by atoms with Gasteiger partial charge < -0.3 is 4.74 Å². The number of ether oxygens (including phenoxy) is 1. The molecule has 1 unspecified atom stereocenters. The molecular formula is C11H20N2O. The molecule has 0 aromatic carbocycles. The molecule has 1 rings (SSSR count). The van der Waals surface area contributed by atoms with Crippen LogP contribution in [-0.4, -0.2) is 37.2 Å². The van der Waals surface area contributed by atoms with Gasteiger partial charge in [0.1, 0.15) is 0 Å². The average molecular weight is 196 g/mol. The van der Waals surface area contributed by atoms with Crippen molar-refractivity contribution in [3.05, 3.63) is 0 Å². The molecule has 80 valence electrons. The minimum absolute atomic E-state index is 0.208. The molecule has 0 aromatic rings. The Morgan fingerprint density at radius 2 is 2.29 bits per heavy atom. The molecule has 0 N–H and O–H groups in total. The average Bonchev–Trinajstić information content (AvgIpc) is 2.16. The van der Waals surface area contributed by atoms with Crippen LogP contribution in [0.3, 0.4) is 0 Å². The SMILES string of the molecule is COCCN1CC(C#N)CCC1(C)C. The van der Waals surface area contributed by atoms with Crippen molar-refractivity contribution >= 4 is 0 Å². The zero-order chi connectivity index (χ0) is 10.6. The number of hydrogen-bond acceptors (Lipinski definition) is 3. The van der Waals surface area contributed by atoms with E-state index in [2.05, 4.69) is 24.8 Å². The van der Waals surface area contributed by atoms with Crippen molar-refractivity contribution in [1.82, 2.24) is 4.90 Å². The summed E-state index contributed by atoms with van der Waals surface area (Å²) in [6.45, 7) is 7.07.